The maximum Gasteiger partial charge on any atom is 0.246 e. The Morgan fingerprint density at radius 1 is 1.07 bits per heavy atom. The third-order valence-electron chi connectivity index (χ3n) is 5.82. The van der Waals surface area contributed by atoms with Crippen molar-refractivity contribution in [2.24, 2.45) is 0 Å². The van der Waals surface area contributed by atoms with Gasteiger partial charge in [-0.05, 0) is 17.2 Å². The van der Waals surface area contributed by atoms with Gasteiger partial charge in [-0.1, -0.05) is 48.5 Å². The first-order valence-corrected chi connectivity index (χ1v) is 9.34. The number of fused-ring (bicyclic) bond motifs is 6. The molecule has 1 unspecified atom stereocenters. The number of aromatic amines is 1. The highest BCUT2D eigenvalue weighted by atomic mass is 16.2. The zero-order valence-electron chi connectivity index (χ0n) is 15.2. The van der Waals surface area contributed by atoms with E-state index < -0.39 is 6.04 Å². The van der Waals surface area contributed by atoms with Crippen LogP contribution in [0.2, 0.25) is 0 Å². The van der Waals surface area contributed by atoms with Crippen molar-refractivity contribution in [3.63, 3.8) is 0 Å². The number of nitrogens with one attached hydrogen (secondary N) is 1. The molecule has 1 aromatic heterocycles. The number of H-pyrrole nitrogens is 1. The monoisotopic (exact) mass is 359 g/mol. The summed E-state index contributed by atoms with van der Waals surface area (Å²) in [5.41, 5.74) is 4.44. The highest BCUT2D eigenvalue weighted by molar-refractivity contribution is 5.93. The SMILES string of the molecule is CC(=O)N1C2Cc3c([nH]c4ccccc34)[C@H]1CN(Cc1ccccc1)C2=O. The van der Waals surface area contributed by atoms with Gasteiger partial charge in [-0.15, -0.1) is 0 Å². The zero-order valence-corrected chi connectivity index (χ0v) is 15.2. The van der Waals surface area contributed by atoms with E-state index in [-0.39, 0.29) is 17.9 Å². The number of nitrogens with zero attached hydrogens (tertiary/aromatic N) is 2. The van der Waals surface area contributed by atoms with Crippen LogP contribution in [-0.2, 0) is 22.6 Å². The molecule has 1 saturated heterocycles. The van der Waals surface area contributed by atoms with Crippen molar-refractivity contribution >= 4 is 22.7 Å². The van der Waals surface area contributed by atoms with Crippen LogP contribution in [0.25, 0.3) is 10.9 Å². The molecule has 0 saturated carbocycles. The average molecular weight is 359 g/mol. The average Bonchev–Trinajstić information content (AvgIpc) is 3.05. The minimum Gasteiger partial charge on any atom is -0.356 e. The first kappa shape index (κ1) is 16.1. The van der Waals surface area contributed by atoms with Crippen LogP contribution in [-0.4, -0.2) is 39.2 Å². The molecule has 5 nitrogen and oxygen atoms in total. The topological polar surface area (TPSA) is 56.4 Å². The first-order chi connectivity index (χ1) is 13.1. The molecule has 5 heteroatoms. The Morgan fingerprint density at radius 2 is 1.81 bits per heavy atom. The number of carbonyl (C=O) groups excluding carboxylic acids is 2. The van der Waals surface area contributed by atoms with Gasteiger partial charge < -0.3 is 14.8 Å². The van der Waals surface area contributed by atoms with Crippen molar-refractivity contribution in [2.45, 2.75) is 32.0 Å². The summed E-state index contributed by atoms with van der Waals surface area (Å²) < 4.78 is 0. The second kappa shape index (κ2) is 5.98. The Balaban J connectivity index is 1.58. The number of hydrogen-bond acceptors (Lipinski definition) is 2. The number of carbonyl (C=O) groups is 2. The molecule has 2 atom stereocenters. The summed E-state index contributed by atoms with van der Waals surface area (Å²) >= 11 is 0. The van der Waals surface area contributed by atoms with Gasteiger partial charge in [-0.25, -0.2) is 0 Å². The summed E-state index contributed by atoms with van der Waals surface area (Å²) in [6.07, 6.45) is 0.569. The van der Waals surface area contributed by atoms with E-state index in [1.165, 1.54) is 5.56 Å². The highest BCUT2D eigenvalue weighted by Crippen LogP contribution is 2.41. The molecular weight excluding hydrogens is 338 g/mol. The quantitative estimate of drug-likeness (QED) is 0.765. The van der Waals surface area contributed by atoms with Crippen molar-refractivity contribution in [3.05, 3.63) is 71.4 Å². The molecule has 2 aliphatic heterocycles. The number of hydrogen-bond donors (Lipinski definition) is 1. The Kier molecular flexibility index (Phi) is 3.57. The molecule has 5 rings (SSSR count). The predicted molar refractivity (Wildman–Crippen MR) is 103 cm³/mol. The Bertz CT molecular complexity index is 1040. The molecule has 0 aliphatic carbocycles. The van der Waals surface area contributed by atoms with Gasteiger partial charge in [0.25, 0.3) is 0 Å². The van der Waals surface area contributed by atoms with Crippen LogP contribution < -0.4 is 0 Å². The summed E-state index contributed by atoms with van der Waals surface area (Å²) in [6, 6.07) is 17.7. The molecular formula is C22H21N3O2. The fourth-order valence-electron chi connectivity index (χ4n) is 4.65. The minimum absolute atomic E-state index is 0.0398. The molecule has 2 aliphatic rings. The van der Waals surface area contributed by atoms with Gasteiger partial charge in [-0.3, -0.25) is 9.59 Å². The summed E-state index contributed by atoms with van der Waals surface area (Å²) in [4.78, 5) is 32.8. The summed E-state index contributed by atoms with van der Waals surface area (Å²) in [5, 5.41) is 1.16. The van der Waals surface area contributed by atoms with Crippen LogP contribution in [0, 0.1) is 0 Å². The number of amides is 2. The van der Waals surface area contributed by atoms with Crippen LogP contribution in [0.1, 0.15) is 29.8 Å². The number of piperazine rings is 1. The van der Waals surface area contributed by atoms with Crippen molar-refractivity contribution in [1.82, 2.24) is 14.8 Å². The largest absolute Gasteiger partial charge is 0.356 e. The Hall–Kier alpha value is -3.08. The smallest absolute Gasteiger partial charge is 0.246 e. The molecule has 2 bridgehead atoms. The molecule has 3 heterocycles. The van der Waals surface area contributed by atoms with Gasteiger partial charge in [-0.2, -0.15) is 0 Å². The lowest BCUT2D eigenvalue weighted by Gasteiger charge is -2.48. The first-order valence-electron chi connectivity index (χ1n) is 9.34. The number of benzene rings is 2. The van der Waals surface area contributed by atoms with E-state index in [1.54, 1.807) is 11.8 Å². The lowest BCUT2D eigenvalue weighted by atomic mass is 9.87. The summed E-state index contributed by atoms with van der Waals surface area (Å²) in [7, 11) is 0. The van der Waals surface area contributed by atoms with E-state index in [9.17, 15) is 9.59 Å². The van der Waals surface area contributed by atoms with E-state index in [0.29, 0.717) is 19.5 Å². The normalized spacial score (nSPS) is 21.4. The van der Waals surface area contributed by atoms with Gasteiger partial charge in [0.2, 0.25) is 11.8 Å². The van der Waals surface area contributed by atoms with Gasteiger partial charge in [0.1, 0.15) is 6.04 Å². The van der Waals surface area contributed by atoms with Crippen molar-refractivity contribution in [2.75, 3.05) is 6.54 Å². The van der Waals surface area contributed by atoms with Crippen LogP contribution in [0.5, 0.6) is 0 Å². The Labute approximate surface area is 157 Å². The van der Waals surface area contributed by atoms with Crippen molar-refractivity contribution < 1.29 is 9.59 Å². The third kappa shape index (κ3) is 2.46. The Morgan fingerprint density at radius 3 is 2.59 bits per heavy atom. The molecule has 3 aromatic rings. The van der Waals surface area contributed by atoms with Crippen LogP contribution in [0.4, 0.5) is 0 Å². The molecule has 1 N–H and O–H groups in total. The van der Waals surface area contributed by atoms with E-state index >= 15 is 0 Å². The molecule has 27 heavy (non-hydrogen) atoms. The number of para-hydroxylation sites is 1. The lowest BCUT2D eigenvalue weighted by Crippen LogP contribution is -2.62. The molecule has 1 fully saturated rings. The van der Waals surface area contributed by atoms with E-state index in [1.807, 2.05) is 47.4 Å². The van der Waals surface area contributed by atoms with E-state index in [2.05, 4.69) is 17.1 Å². The molecule has 0 radical (unpaired) electrons. The van der Waals surface area contributed by atoms with E-state index in [4.69, 9.17) is 0 Å². The fraction of sp³-hybridized carbons (Fsp3) is 0.273. The predicted octanol–water partition coefficient (Wildman–Crippen LogP) is 3.02. The second-order valence-corrected chi connectivity index (χ2v) is 7.43. The lowest BCUT2D eigenvalue weighted by molar-refractivity contribution is -0.157. The van der Waals surface area contributed by atoms with Crippen LogP contribution >= 0.6 is 0 Å². The van der Waals surface area contributed by atoms with E-state index in [0.717, 1.165) is 22.2 Å². The number of aromatic nitrogens is 1. The molecule has 2 aromatic carbocycles. The maximum absolute atomic E-state index is 13.2. The van der Waals surface area contributed by atoms with Gasteiger partial charge >= 0.3 is 0 Å². The highest BCUT2D eigenvalue weighted by Gasteiger charge is 2.47. The van der Waals surface area contributed by atoms with Gasteiger partial charge in [0.05, 0.1) is 6.04 Å². The zero-order chi connectivity index (χ0) is 18.5. The van der Waals surface area contributed by atoms with Crippen LogP contribution in [0.3, 0.4) is 0 Å². The fourth-order valence-corrected chi connectivity index (χ4v) is 4.65. The maximum atomic E-state index is 13.2. The van der Waals surface area contributed by atoms with Gasteiger partial charge in [0, 0.05) is 43.0 Å². The van der Waals surface area contributed by atoms with Crippen molar-refractivity contribution in [1.29, 1.82) is 0 Å². The molecule has 2 amide bonds. The standard InChI is InChI=1S/C22H21N3O2/c1-14(26)25-19-11-17-16-9-5-6-10-18(16)23-21(17)20(25)13-24(22(19)27)12-15-7-3-2-4-8-15/h2-10,19-20,23H,11-13H2,1H3/t19?,20-/m1/s1. The van der Waals surface area contributed by atoms with Gasteiger partial charge in [0.15, 0.2) is 0 Å². The van der Waals surface area contributed by atoms with Crippen molar-refractivity contribution in [3.8, 4) is 0 Å². The summed E-state index contributed by atoms with van der Waals surface area (Å²) in [6.45, 7) is 2.66. The second-order valence-electron chi connectivity index (χ2n) is 7.43. The molecule has 0 spiro atoms. The summed E-state index contributed by atoms with van der Waals surface area (Å²) in [5.74, 6) is 0.00301. The van der Waals surface area contributed by atoms with Crippen LogP contribution in [0.15, 0.2) is 54.6 Å². The minimum atomic E-state index is -0.420. The molecule has 136 valence electrons. The third-order valence-corrected chi connectivity index (χ3v) is 5.82. The number of rotatable bonds is 2.